The van der Waals surface area contributed by atoms with Gasteiger partial charge in [-0.2, -0.15) is 26.3 Å². The Bertz CT molecular complexity index is 1190. The van der Waals surface area contributed by atoms with Gasteiger partial charge in [-0.15, -0.1) is 11.8 Å². The number of nitrogens with zero attached hydrogens (tertiary/aromatic N) is 4. The molecule has 0 unspecified atom stereocenters. The Morgan fingerprint density at radius 3 is 2.31 bits per heavy atom. The smallest absolute Gasteiger partial charge is 0.293 e. The fraction of sp³-hybridized carbons (Fsp3) is 0.250. The van der Waals surface area contributed by atoms with Crippen LogP contribution in [0.4, 0.5) is 37.8 Å². The summed E-state index contributed by atoms with van der Waals surface area (Å²) in [6.45, 7) is 5.04. The van der Waals surface area contributed by atoms with Crippen LogP contribution in [0.5, 0.6) is 0 Å². The fourth-order valence-electron chi connectivity index (χ4n) is 2.97. The molecule has 0 fully saturated rings. The minimum Gasteiger partial charge on any atom is -0.293 e. The number of carbonyl (C=O) groups is 1. The first kappa shape index (κ1) is 23.6. The van der Waals surface area contributed by atoms with Crippen molar-refractivity contribution in [1.82, 2.24) is 9.38 Å². The van der Waals surface area contributed by atoms with E-state index in [0.29, 0.717) is 16.8 Å². The number of hydrogen-bond acceptors (Lipinski definition) is 4. The van der Waals surface area contributed by atoms with Crippen LogP contribution in [-0.4, -0.2) is 34.8 Å². The van der Waals surface area contributed by atoms with Gasteiger partial charge in [-0.3, -0.25) is 19.1 Å². The Balaban J connectivity index is 2.09. The lowest BCUT2D eigenvalue weighted by atomic mass is 10.1. The maximum Gasteiger partial charge on any atom is 0.416 e. The van der Waals surface area contributed by atoms with Gasteiger partial charge in [0, 0.05) is 13.2 Å². The van der Waals surface area contributed by atoms with E-state index in [2.05, 4.69) is 16.7 Å². The zero-order chi connectivity index (χ0) is 23.8. The van der Waals surface area contributed by atoms with Crippen molar-refractivity contribution < 1.29 is 31.1 Å². The quantitative estimate of drug-likeness (QED) is 0.255. The Kier molecular flexibility index (Phi) is 6.27. The molecule has 0 N–H and O–H groups in total. The average Bonchev–Trinajstić information content (AvgIpc) is 3.09. The molecule has 5 nitrogen and oxygen atoms in total. The minimum absolute atomic E-state index is 0.0279. The van der Waals surface area contributed by atoms with Crippen LogP contribution in [0.15, 0.2) is 46.5 Å². The lowest BCUT2D eigenvalue weighted by molar-refractivity contribution is -0.138. The van der Waals surface area contributed by atoms with Crippen LogP contribution in [0.3, 0.4) is 0 Å². The monoisotopic (exact) mass is 474 g/mol. The van der Waals surface area contributed by atoms with Crippen molar-refractivity contribution in [1.29, 1.82) is 0 Å². The summed E-state index contributed by atoms with van der Waals surface area (Å²) in [5.41, 5.74) is -2.35. The second kappa shape index (κ2) is 8.49. The third kappa shape index (κ3) is 4.45. The van der Waals surface area contributed by atoms with Crippen molar-refractivity contribution in [2.75, 3.05) is 17.7 Å². The summed E-state index contributed by atoms with van der Waals surface area (Å²) in [7, 11) is 1.33. The maximum absolute atomic E-state index is 13.1. The van der Waals surface area contributed by atoms with Gasteiger partial charge in [0.1, 0.15) is 10.7 Å². The van der Waals surface area contributed by atoms with Crippen molar-refractivity contribution in [2.45, 2.75) is 24.3 Å². The van der Waals surface area contributed by atoms with Crippen LogP contribution in [0.25, 0.3) is 5.65 Å². The van der Waals surface area contributed by atoms with Gasteiger partial charge in [0.25, 0.3) is 5.91 Å². The molecule has 0 aliphatic carbocycles. The molecular weight excluding hydrogens is 458 g/mol. The van der Waals surface area contributed by atoms with E-state index < -0.39 is 29.4 Å². The Morgan fingerprint density at radius 1 is 1.12 bits per heavy atom. The molecule has 0 saturated heterocycles. The van der Waals surface area contributed by atoms with Gasteiger partial charge < -0.3 is 0 Å². The van der Waals surface area contributed by atoms with Crippen molar-refractivity contribution in [3.8, 4) is 0 Å². The first-order valence-corrected chi connectivity index (χ1v) is 10.0. The number of amides is 1. The number of alkyl halides is 6. The number of fused-ring (bicyclic) bond motifs is 1. The highest BCUT2D eigenvalue weighted by molar-refractivity contribution is 7.99. The topological polar surface area (TPSA) is 50.0 Å². The second-order valence-corrected chi connectivity index (χ2v) is 7.82. The van der Waals surface area contributed by atoms with Gasteiger partial charge >= 0.3 is 12.4 Å². The highest BCUT2D eigenvalue weighted by Crippen LogP contribution is 2.37. The molecule has 3 rings (SSSR count). The van der Waals surface area contributed by atoms with Crippen LogP contribution in [0.2, 0.25) is 0 Å². The first-order chi connectivity index (χ1) is 14.9. The normalized spacial score (nSPS) is 12.2. The summed E-state index contributed by atoms with van der Waals surface area (Å²) in [6, 6.07) is 4.19. The first-order valence-electron chi connectivity index (χ1n) is 9.06. The predicted octanol–water partition coefficient (Wildman–Crippen LogP) is 6.09. The van der Waals surface area contributed by atoms with Crippen LogP contribution in [0, 0.1) is 0 Å². The van der Waals surface area contributed by atoms with Crippen molar-refractivity contribution in [2.24, 2.45) is 4.99 Å². The molecule has 170 valence electrons. The molecule has 2 aromatic heterocycles. The van der Waals surface area contributed by atoms with Gasteiger partial charge in [0.05, 0.1) is 22.4 Å². The third-order valence-corrected chi connectivity index (χ3v) is 5.46. The zero-order valence-electron chi connectivity index (χ0n) is 16.8. The summed E-state index contributed by atoms with van der Waals surface area (Å²) >= 11 is 1.25. The molecule has 2 heterocycles. The van der Waals surface area contributed by atoms with Crippen molar-refractivity contribution in [3.05, 3.63) is 53.2 Å². The summed E-state index contributed by atoms with van der Waals surface area (Å²) in [6.07, 6.45) is -7.99. The highest BCUT2D eigenvalue weighted by atomic mass is 32.2. The van der Waals surface area contributed by atoms with Crippen LogP contribution in [0.1, 0.15) is 28.4 Å². The summed E-state index contributed by atoms with van der Waals surface area (Å²) < 4.78 is 79.6. The van der Waals surface area contributed by atoms with E-state index in [0.717, 1.165) is 29.2 Å². The Hall–Kier alpha value is -3.02. The third-order valence-electron chi connectivity index (χ3n) is 4.52. The van der Waals surface area contributed by atoms with E-state index in [4.69, 9.17) is 0 Å². The lowest BCUT2D eigenvalue weighted by Gasteiger charge is -2.18. The van der Waals surface area contributed by atoms with E-state index in [-0.39, 0.29) is 22.7 Å². The second-order valence-electron chi connectivity index (χ2n) is 6.57. The van der Waals surface area contributed by atoms with Crippen molar-refractivity contribution in [3.63, 3.8) is 0 Å². The number of thioether (sulfide) groups is 1. The summed E-state index contributed by atoms with van der Waals surface area (Å²) in [5, 5.41) is 0.409. The summed E-state index contributed by atoms with van der Waals surface area (Å²) in [4.78, 5) is 21.8. The van der Waals surface area contributed by atoms with Gasteiger partial charge in [-0.25, -0.2) is 4.98 Å². The predicted molar refractivity (Wildman–Crippen MR) is 110 cm³/mol. The zero-order valence-corrected chi connectivity index (χ0v) is 17.6. The van der Waals surface area contributed by atoms with Crippen LogP contribution >= 0.6 is 11.8 Å². The number of aliphatic imine (C=N–C) groups is 1. The number of rotatable bonds is 5. The summed E-state index contributed by atoms with van der Waals surface area (Å²) in [5.74, 6) is -0.140. The van der Waals surface area contributed by atoms with Gasteiger partial charge in [-0.05, 0) is 42.8 Å². The number of aromatic nitrogens is 2. The number of halogens is 6. The highest BCUT2D eigenvalue weighted by Gasteiger charge is 2.33. The minimum atomic E-state index is -4.63. The van der Waals surface area contributed by atoms with Crippen LogP contribution in [-0.2, 0) is 12.4 Å². The Morgan fingerprint density at radius 2 is 1.75 bits per heavy atom. The molecule has 32 heavy (non-hydrogen) atoms. The number of anilines is 1. The Labute approximate surface area is 182 Å². The molecule has 3 aromatic rings. The van der Waals surface area contributed by atoms with Gasteiger partial charge in [0.2, 0.25) is 0 Å². The molecule has 0 radical (unpaired) electrons. The van der Waals surface area contributed by atoms with Gasteiger partial charge in [0.15, 0.2) is 5.82 Å². The number of carbonyl (C=O) groups excluding carboxylic acids is 1. The van der Waals surface area contributed by atoms with Gasteiger partial charge in [-0.1, -0.05) is 6.92 Å². The molecule has 1 amide bonds. The number of benzene rings is 1. The maximum atomic E-state index is 13.1. The molecule has 0 aliphatic heterocycles. The molecule has 0 saturated carbocycles. The molecule has 0 spiro atoms. The van der Waals surface area contributed by atoms with E-state index in [9.17, 15) is 31.1 Å². The number of pyridine rings is 1. The number of hydrogen-bond donors (Lipinski definition) is 0. The van der Waals surface area contributed by atoms with E-state index in [1.807, 2.05) is 6.92 Å². The average molecular weight is 474 g/mol. The molecule has 0 atom stereocenters. The molecule has 0 bridgehead atoms. The van der Waals surface area contributed by atoms with Crippen molar-refractivity contribution >= 4 is 41.5 Å². The largest absolute Gasteiger partial charge is 0.416 e. The molecule has 12 heteroatoms. The lowest BCUT2D eigenvalue weighted by Crippen LogP contribution is -2.27. The molecule has 1 aromatic carbocycles. The van der Waals surface area contributed by atoms with E-state index in [1.54, 1.807) is 0 Å². The number of imidazole rings is 1. The van der Waals surface area contributed by atoms with E-state index >= 15 is 0 Å². The molecular formula is C20H16F6N4OS. The van der Waals surface area contributed by atoms with Crippen LogP contribution < -0.4 is 4.90 Å². The SMILES string of the molecule is C=Nc1cc(C(F)(F)F)ccc1C(=O)N(C)c1nc2cc(C(F)(F)F)ccn2c1SCC. The van der Waals surface area contributed by atoms with E-state index in [1.165, 1.54) is 29.4 Å². The molecule has 0 aliphatic rings. The fourth-order valence-corrected chi connectivity index (χ4v) is 3.85. The standard InChI is InChI=1S/C20H16F6N4OS/c1-4-32-18-16(28-15-10-12(20(24,25)26)7-8-30(15)18)29(3)17(31)13-6-5-11(19(21,22)23)9-14(13)27-2/h5-10H,2,4H2,1,3H3.